The highest BCUT2D eigenvalue weighted by Gasteiger charge is 2.16. The van der Waals surface area contributed by atoms with Crippen LogP contribution in [0.15, 0.2) is 42.6 Å². The van der Waals surface area contributed by atoms with Crippen LogP contribution in [0.4, 0.5) is 4.39 Å². The highest BCUT2D eigenvalue weighted by Crippen LogP contribution is 2.17. The number of halogens is 1. The quantitative estimate of drug-likeness (QED) is 0.785. The van der Waals surface area contributed by atoms with Gasteiger partial charge in [-0.05, 0) is 23.8 Å². The third kappa shape index (κ3) is 2.01. The standard InChI is InChI=1S/C14H11FN4O/c15-10-5-2-1-4-9(10)8-11-12-6-3-7-17-19(12)14(18-11)13(16)20/h1-7H,8H2,(H2,16,20). The molecule has 2 heterocycles. The topological polar surface area (TPSA) is 73.3 Å². The minimum absolute atomic E-state index is 0.0481. The number of carbonyl (C=O) groups excluding carboxylic acids is 1. The molecule has 0 unspecified atom stereocenters. The van der Waals surface area contributed by atoms with Gasteiger partial charge in [0.15, 0.2) is 0 Å². The number of nitrogens with zero attached hydrogens (tertiary/aromatic N) is 3. The maximum atomic E-state index is 13.7. The Hall–Kier alpha value is -2.76. The zero-order valence-electron chi connectivity index (χ0n) is 10.5. The molecular formula is C14H11FN4O. The van der Waals surface area contributed by atoms with Crippen LogP contribution in [0, 0.1) is 5.82 Å². The Balaban J connectivity index is 2.13. The van der Waals surface area contributed by atoms with Gasteiger partial charge in [0.2, 0.25) is 5.82 Å². The Kier molecular flexibility index (Phi) is 2.90. The summed E-state index contributed by atoms with van der Waals surface area (Å²) in [6.07, 6.45) is 1.81. The van der Waals surface area contributed by atoms with Gasteiger partial charge in [-0.3, -0.25) is 4.79 Å². The van der Waals surface area contributed by atoms with Crippen molar-refractivity contribution in [2.24, 2.45) is 5.73 Å². The number of primary amides is 1. The second-order valence-corrected chi connectivity index (χ2v) is 4.34. The molecule has 6 heteroatoms. The van der Waals surface area contributed by atoms with Crippen molar-refractivity contribution in [3.8, 4) is 0 Å². The van der Waals surface area contributed by atoms with Crippen LogP contribution in [0.5, 0.6) is 0 Å². The number of carbonyl (C=O) groups is 1. The van der Waals surface area contributed by atoms with Crippen LogP contribution in [0.25, 0.3) is 5.52 Å². The molecule has 100 valence electrons. The van der Waals surface area contributed by atoms with E-state index in [0.29, 0.717) is 16.8 Å². The zero-order valence-corrected chi connectivity index (χ0v) is 10.5. The van der Waals surface area contributed by atoms with Crippen molar-refractivity contribution in [1.82, 2.24) is 14.6 Å². The van der Waals surface area contributed by atoms with E-state index >= 15 is 0 Å². The summed E-state index contributed by atoms with van der Waals surface area (Å²) in [5.41, 5.74) is 7.00. The summed E-state index contributed by atoms with van der Waals surface area (Å²) < 4.78 is 15.1. The van der Waals surface area contributed by atoms with Crippen LogP contribution >= 0.6 is 0 Å². The van der Waals surface area contributed by atoms with Gasteiger partial charge in [-0.25, -0.2) is 13.9 Å². The van der Waals surface area contributed by atoms with E-state index in [1.165, 1.54) is 16.8 Å². The molecular weight excluding hydrogens is 259 g/mol. The van der Waals surface area contributed by atoms with Gasteiger partial charge in [0.1, 0.15) is 5.82 Å². The summed E-state index contributed by atoms with van der Waals surface area (Å²) >= 11 is 0. The van der Waals surface area contributed by atoms with Crippen LogP contribution in [0.2, 0.25) is 0 Å². The molecule has 1 amide bonds. The second-order valence-electron chi connectivity index (χ2n) is 4.34. The zero-order chi connectivity index (χ0) is 14.1. The molecule has 0 radical (unpaired) electrons. The summed E-state index contributed by atoms with van der Waals surface area (Å²) in [7, 11) is 0. The van der Waals surface area contributed by atoms with E-state index in [2.05, 4.69) is 10.1 Å². The molecule has 0 saturated carbocycles. The monoisotopic (exact) mass is 270 g/mol. The predicted octanol–water partition coefficient (Wildman–Crippen LogP) is 1.56. The lowest BCUT2D eigenvalue weighted by Crippen LogP contribution is -2.16. The van der Waals surface area contributed by atoms with Crippen LogP contribution in [-0.4, -0.2) is 20.5 Å². The molecule has 0 fully saturated rings. The van der Waals surface area contributed by atoms with Crippen molar-refractivity contribution in [2.75, 3.05) is 0 Å². The first-order valence-electron chi connectivity index (χ1n) is 6.02. The second kappa shape index (κ2) is 4.73. The third-order valence-corrected chi connectivity index (χ3v) is 3.02. The van der Waals surface area contributed by atoms with Crippen molar-refractivity contribution >= 4 is 11.4 Å². The number of rotatable bonds is 3. The van der Waals surface area contributed by atoms with Crippen LogP contribution in [0.3, 0.4) is 0 Å². The number of aromatic nitrogens is 3. The van der Waals surface area contributed by atoms with E-state index in [1.807, 2.05) is 0 Å². The molecule has 2 aromatic heterocycles. The third-order valence-electron chi connectivity index (χ3n) is 3.02. The fraction of sp³-hybridized carbons (Fsp3) is 0.0714. The van der Waals surface area contributed by atoms with Gasteiger partial charge < -0.3 is 5.73 Å². The Morgan fingerprint density at radius 3 is 2.80 bits per heavy atom. The van der Waals surface area contributed by atoms with Gasteiger partial charge >= 0.3 is 0 Å². The normalized spacial score (nSPS) is 10.8. The number of hydrogen-bond acceptors (Lipinski definition) is 3. The lowest BCUT2D eigenvalue weighted by molar-refractivity contribution is 0.0988. The molecule has 0 aliphatic carbocycles. The lowest BCUT2D eigenvalue weighted by Gasteiger charge is -2.00. The van der Waals surface area contributed by atoms with Gasteiger partial charge in [0, 0.05) is 12.6 Å². The van der Waals surface area contributed by atoms with Crippen LogP contribution < -0.4 is 5.73 Å². The first-order valence-corrected chi connectivity index (χ1v) is 6.02. The van der Waals surface area contributed by atoms with E-state index in [-0.39, 0.29) is 18.1 Å². The maximum absolute atomic E-state index is 13.7. The largest absolute Gasteiger partial charge is 0.363 e. The van der Waals surface area contributed by atoms with Crippen molar-refractivity contribution in [3.05, 3.63) is 65.5 Å². The van der Waals surface area contributed by atoms with Crippen LogP contribution in [0.1, 0.15) is 21.9 Å². The molecule has 3 aromatic rings. The molecule has 0 saturated heterocycles. The fourth-order valence-electron chi connectivity index (χ4n) is 2.10. The van der Waals surface area contributed by atoms with Crippen molar-refractivity contribution in [3.63, 3.8) is 0 Å². The van der Waals surface area contributed by atoms with Crippen molar-refractivity contribution in [1.29, 1.82) is 0 Å². The van der Waals surface area contributed by atoms with Crippen molar-refractivity contribution < 1.29 is 9.18 Å². The summed E-state index contributed by atoms with van der Waals surface area (Å²) in [6, 6.07) is 9.95. The van der Waals surface area contributed by atoms with Crippen LogP contribution in [-0.2, 0) is 6.42 Å². The molecule has 20 heavy (non-hydrogen) atoms. The van der Waals surface area contributed by atoms with Gasteiger partial charge in [-0.1, -0.05) is 18.2 Å². The van der Waals surface area contributed by atoms with Gasteiger partial charge in [0.05, 0.1) is 11.2 Å². The average Bonchev–Trinajstić information content (AvgIpc) is 2.81. The Bertz CT molecular complexity index is 797. The fourth-order valence-corrected chi connectivity index (χ4v) is 2.10. The van der Waals surface area contributed by atoms with Gasteiger partial charge in [-0.2, -0.15) is 5.10 Å². The Labute approximate surface area is 113 Å². The number of benzene rings is 1. The summed E-state index contributed by atoms with van der Waals surface area (Å²) in [4.78, 5) is 15.6. The minimum atomic E-state index is -0.668. The molecule has 1 aromatic carbocycles. The predicted molar refractivity (Wildman–Crippen MR) is 70.7 cm³/mol. The first kappa shape index (κ1) is 12.3. The molecule has 2 N–H and O–H groups in total. The van der Waals surface area contributed by atoms with E-state index in [1.54, 1.807) is 30.3 Å². The molecule has 3 rings (SSSR count). The summed E-state index contributed by atoms with van der Waals surface area (Å²) in [6.45, 7) is 0. The molecule has 0 aliphatic rings. The molecule has 5 nitrogen and oxygen atoms in total. The number of fused-ring (bicyclic) bond motifs is 1. The Morgan fingerprint density at radius 1 is 1.25 bits per heavy atom. The Morgan fingerprint density at radius 2 is 2.05 bits per heavy atom. The van der Waals surface area contributed by atoms with E-state index in [0.717, 1.165) is 0 Å². The molecule has 0 bridgehead atoms. The smallest absolute Gasteiger partial charge is 0.286 e. The maximum Gasteiger partial charge on any atom is 0.286 e. The first-order chi connectivity index (χ1) is 9.66. The van der Waals surface area contributed by atoms with E-state index in [4.69, 9.17) is 5.73 Å². The number of amides is 1. The molecule has 0 spiro atoms. The van der Waals surface area contributed by atoms with E-state index in [9.17, 15) is 9.18 Å². The number of nitrogens with two attached hydrogens (primary N) is 1. The molecule has 0 aliphatic heterocycles. The number of imidazole rings is 1. The molecule has 0 atom stereocenters. The highest BCUT2D eigenvalue weighted by atomic mass is 19.1. The summed E-state index contributed by atoms with van der Waals surface area (Å²) in [5.74, 6) is -0.927. The van der Waals surface area contributed by atoms with Crippen molar-refractivity contribution in [2.45, 2.75) is 6.42 Å². The van der Waals surface area contributed by atoms with Gasteiger partial charge in [0.25, 0.3) is 5.91 Å². The highest BCUT2D eigenvalue weighted by molar-refractivity contribution is 5.90. The van der Waals surface area contributed by atoms with Gasteiger partial charge in [-0.15, -0.1) is 0 Å². The van der Waals surface area contributed by atoms with E-state index < -0.39 is 5.91 Å². The minimum Gasteiger partial charge on any atom is -0.363 e. The lowest BCUT2D eigenvalue weighted by atomic mass is 10.1. The average molecular weight is 270 g/mol. The summed E-state index contributed by atoms with van der Waals surface area (Å²) in [5, 5.41) is 4.05. The number of hydrogen-bond donors (Lipinski definition) is 1. The SMILES string of the molecule is NC(=O)c1nc(Cc2ccccc2F)c2cccnn12.